The van der Waals surface area contributed by atoms with Crippen molar-refractivity contribution in [3.8, 4) is 11.5 Å². The number of anilines is 1. The third kappa shape index (κ3) is 8.08. The summed E-state index contributed by atoms with van der Waals surface area (Å²) in [7, 11) is -3.65. The van der Waals surface area contributed by atoms with Crippen molar-refractivity contribution in [2.24, 2.45) is 0 Å². The maximum absolute atomic E-state index is 13.4. The predicted molar refractivity (Wildman–Crippen MR) is 143 cm³/mol. The Hall–Kier alpha value is -3.34. The Balaban J connectivity index is 1.74. The van der Waals surface area contributed by atoms with Gasteiger partial charge in [0.05, 0.1) is 11.9 Å². The number of sulfonamides is 1. The lowest BCUT2D eigenvalue weighted by molar-refractivity contribution is -0.141. The largest absolute Gasteiger partial charge is 0.486 e. The summed E-state index contributed by atoms with van der Waals surface area (Å²) in [6.07, 6.45) is 1.32. The van der Waals surface area contributed by atoms with Crippen LogP contribution in [-0.2, 0) is 26.2 Å². The molecule has 0 saturated carbocycles. The van der Waals surface area contributed by atoms with Gasteiger partial charge in [0.25, 0.3) is 0 Å². The van der Waals surface area contributed by atoms with Gasteiger partial charge in [-0.3, -0.25) is 13.9 Å². The summed E-state index contributed by atoms with van der Waals surface area (Å²) >= 11 is 0. The number of amides is 2. The van der Waals surface area contributed by atoms with Gasteiger partial charge in [0.1, 0.15) is 25.1 Å². The number of hydrogen-bond donors (Lipinski definition) is 1. The summed E-state index contributed by atoms with van der Waals surface area (Å²) < 4.78 is 50.9. The Labute approximate surface area is 224 Å². The smallest absolute Gasteiger partial charge is 0.242 e. The maximum atomic E-state index is 13.4. The fourth-order valence-electron chi connectivity index (χ4n) is 4.03. The number of nitrogens with one attached hydrogen (secondary N) is 1. The van der Waals surface area contributed by atoms with E-state index in [-0.39, 0.29) is 37.7 Å². The highest BCUT2D eigenvalue weighted by Crippen LogP contribution is 2.34. The molecule has 2 amide bonds. The first kappa shape index (κ1) is 29.2. The predicted octanol–water partition coefficient (Wildman–Crippen LogP) is 3.48. The Morgan fingerprint density at radius 1 is 1.05 bits per heavy atom. The number of fused-ring (bicyclic) bond motifs is 1. The summed E-state index contributed by atoms with van der Waals surface area (Å²) in [5.74, 6) is -0.0288. The molecule has 0 saturated heterocycles. The van der Waals surface area contributed by atoms with E-state index in [1.54, 1.807) is 37.3 Å². The number of carbonyl (C=O) groups excluding carboxylic acids is 2. The maximum Gasteiger partial charge on any atom is 0.242 e. The van der Waals surface area contributed by atoms with Crippen molar-refractivity contribution in [2.75, 3.05) is 30.3 Å². The zero-order valence-corrected chi connectivity index (χ0v) is 23.3. The van der Waals surface area contributed by atoms with Crippen LogP contribution in [0.5, 0.6) is 11.5 Å². The first-order chi connectivity index (χ1) is 17.7. The van der Waals surface area contributed by atoms with Crippen LogP contribution in [0.1, 0.15) is 46.1 Å². The van der Waals surface area contributed by atoms with E-state index in [4.69, 9.17) is 9.47 Å². The molecular formula is C27H36FN3O6S. The number of halogens is 1. The third-order valence-corrected chi connectivity index (χ3v) is 7.09. The Bertz CT molecular complexity index is 1240. The summed E-state index contributed by atoms with van der Waals surface area (Å²) in [4.78, 5) is 27.7. The second kappa shape index (κ2) is 12.0. The van der Waals surface area contributed by atoms with Crippen molar-refractivity contribution < 1.29 is 31.9 Å². The van der Waals surface area contributed by atoms with Gasteiger partial charge in [0.15, 0.2) is 11.5 Å². The molecule has 0 radical (unpaired) electrons. The Morgan fingerprint density at radius 3 is 2.29 bits per heavy atom. The molecule has 11 heteroatoms. The van der Waals surface area contributed by atoms with Crippen LogP contribution < -0.4 is 19.1 Å². The normalized spacial score (nSPS) is 13.9. The van der Waals surface area contributed by atoms with Gasteiger partial charge >= 0.3 is 0 Å². The summed E-state index contributed by atoms with van der Waals surface area (Å²) in [6, 6.07) is 9.84. The Kier molecular flexibility index (Phi) is 9.24. The van der Waals surface area contributed by atoms with E-state index in [0.717, 1.165) is 6.26 Å². The Morgan fingerprint density at radius 2 is 1.68 bits per heavy atom. The molecule has 38 heavy (non-hydrogen) atoms. The van der Waals surface area contributed by atoms with E-state index in [2.05, 4.69) is 5.32 Å². The minimum Gasteiger partial charge on any atom is -0.486 e. The molecule has 1 atom stereocenters. The molecule has 9 nitrogen and oxygen atoms in total. The molecule has 1 N–H and O–H groups in total. The molecule has 0 aliphatic carbocycles. The van der Waals surface area contributed by atoms with Crippen LogP contribution in [0.4, 0.5) is 10.1 Å². The topological polar surface area (TPSA) is 105 Å². The van der Waals surface area contributed by atoms with Crippen molar-refractivity contribution in [3.63, 3.8) is 0 Å². The number of hydrogen-bond acceptors (Lipinski definition) is 6. The number of carbonyl (C=O) groups is 2. The van der Waals surface area contributed by atoms with Gasteiger partial charge in [-0.05, 0) is 63.9 Å². The van der Waals surface area contributed by atoms with Gasteiger partial charge in [-0.1, -0.05) is 12.1 Å². The molecule has 1 aliphatic heterocycles. The number of rotatable bonds is 10. The second-order valence-corrected chi connectivity index (χ2v) is 12.2. The van der Waals surface area contributed by atoms with Crippen LogP contribution in [0, 0.1) is 5.82 Å². The fourth-order valence-corrected chi connectivity index (χ4v) is 4.99. The zero-order chi connectivity index (χ0) is 28.1. The van der Waals surface area contributed by atoms with Crippen molar-refractivity contribution in [3.05, 3.63) is 53.8 Å². The van der Waals surface area contributed by atoms with E-state index in [1.165, 1.54) is 21.3 Å². The molecule has 2 aromatic carbocycles. The average molecular weight is 550 g/mol. The molecule has 1 heterocycles. The molecule has 1 aliphatic rings. The van der Waals surface area contributed by atoms with Crippen LogP contribution in [0.15, 0.2) is 42.5 Å². The quantitative estimate of drug-likeness (QED) is 0.487. The van der Waals surface area contributed by atoms with Crippen LogP contribution in [0.25, 0.3) is 0 Å². The van der Waals surface area contributed by atoms with Crippen molar-refractivity contribution in [1.82, 2.24) is 10.2 Å². The summed E-state index contributed by atoms with van der Waals surface area (Å²) in [5.41, 5.74) is 0.588. The van der Waals surface area contributed by atoms with Gasteiger partial charge in [-0.15, -0.1) is 0 Å². The first-order valence-electron chi connectivity index (χ1n) is 12.5. The van der Waals surface area contributed by atoms with Crippen LogP contribution in [0.2, 0.25) is 0 Å². The van der Waals surface area contributed by atoms with Gasteiger partial charge in [-0.25, -0.2) is 12.8 Å². The van der Waals surface area contributed by atoms with Gasteiger partial charge < -0.3 is 19.7 Å². The summed E-state index contributed by atoms with van der Waals surface area (Å²) in [6.45, 7) is 8.14. The number of nitrogens with zero attached hydrogens (tertiary/aromatic N) is 2. The van der Waals surface area contributed by atoms with E-state index in [1.807, 2.05) is 20.8 Å². The third-order valence-electron chi connectivity index (χ3n) is 5.90. The van der Waals surface area contributed by atoms with Crippen molar-refractivity contribution >= 4 is 27.5 Å². The van der Waals surface area contributed by atoms with Crippen LogP contribution >= 0.6 is 0 Å². The van der Waals surface area contributed by atoms with Gasteiger partial charge in [0, 0.05) is 31.1 Å². The molecule has 3 rings (SSSR count). The molecular weight excluding hydrogens is 513 g/mol. The lowest BCUT2D eigenvalue weighted by atomic mass is 10.1. The van der Waals surface area contributed by atoms with Crippen LogP contribution in [0.3, 0.4) is 0 Å². The fraction of sp³-hybridized carbons (Fsp3) is 0.481. The molecule has 208 valence electrons. The highest BCUT2D eigenvalue weighted by Gasteiger charge is 2.29. The van der Waals surface area contributed by atoms with Gasteiger partial charge in [-0.2, -0.15) is 0 Å². The lowest BCUT2D eigenvalue weighted by Crippen LogP contribution is -2.52. The average Bonchev–Trinajstić information content (AvgIpc) is 2.83. The number of benzene rings is 2. The highest BCUT2D eigenvalue weighted by atomic mass is 32.2. The molecule has 2 aromatic rings. The SMILES string of the molecule is C[C@@H](C(=O)NC(C)(C)C)N(Cc1ccc(F)cc1)C(=O)CCCN(c1ccc2c(c1)OCCO2)S(C)(=O)=O. The minimum atomic E-state index is -3.65. The summed E-state index contributed by atoms with van der Waals surface area (Å²) in [5, 5.41) is 2.89. The van der Waals surface area contributed by atoms with Crippen LogP contribution in [-0.4, -0.2) is 62.7 Å². The van der Waals surface area contributed by atoms with E-state index >= 15 is 0 Å². The molecule has 0 bridgehead atoms. The standard InChI is InChI=1S/C27H36FN3O6S/c1-19(26(33)29-27(2,3)4)30(18-20-8-10-21(28)11-9-20)25(32)7-6-14-31(38(5,34)35)22-12-13-23-24(17-22)37-16-15-36-23/h8-13,17,19H,6-7,14-16,18H2,1-5H3,(H,29,33)/t19-/m0/s1. The van der Waals surface area contributed by atoms with E-state index in [0.29, 0.717) is 36.0 Å². The molecule has 0 fully saturated rings. The van der Waals surface area contributed by atoms with E-state index in [9.17, 15) is 22.4 Å². The highest BCUT2D eigenvalue weighted by molar-refractivity contribution is 7.92. The van der Waals surface area contributed by atoms with Crippen molar-refractivity contribution in [2.45, 2.75) is 58.7 Å². The molecule has 0 unspecified atom stereocenters. The minimum absolute atomic E-state index is 0.00487. The zero-order valence-electron chi connectivity index (χ0n) is 22.5. The monoisotopic (exact) mass is 549 g/mol. The van der Waals surface area contributed by atoms with Gasteiger partial charge in [0.2, 0.25) is 21.8 Å². The first-order valence-corrected chi connectivity index (χ1v) is 14.3. The molecule has 0 aromatic heterocycles. The van der Waals surface area contributed by atoms with E-state index < -0.39 is 27.4 Å². The molecule has 0 spiro atoms. The van der Waals surface area contributed by atoms with Crippen molar-refractivity contribution in [1.29, 1.82) is 0 Å². The number of ether oxygens (including phenoxy) is 2. The lowest BCUT2D eigenvalue weighted by Gasteiger charge is -2.32. The second-order valence-electron chi connectivity index (χ2n) is 10.3.